The van der Waals surface area contributed by atoms with Gasteiger partial charge in [-0.2, -0.15) is 0 Å². The Morgan fingerprint density at radius 3 is 1.94 bits per heavy atom. The molecule has 2 rings (SSSR count). The highest BCUT2D eigenvalue weighted by atomic mass is 16.5. The van der Waals surface area contributed by atoms with Gasteiger partial charge in [0.2, 0.25) is 0 Å². The largest absolute Gasteiger partial charge is 0.378 e. The second kappa shape index (κ2) is 5.99. The molecule has 0 aliphatic carbocycles. The average molecular weight is 226 g/mol. The molecule has 2 heterocycles. The van der Waals surface area contributed by atoms with Crippen LogP contribution in [0.25, 0.3) is 0 Å². The lowest BCUT2D eigenvalue weighted by molar-refractivity contribution is -0.0145. The van der Waals surface area contributed by atoms with Gasteiger partial charge in [0.05, 0.1) is 6.10 Å². The molecule has 2 aliphatic rings. The highest BCUT2D eigenvalue weighted by Crippen LogP contribution is 2.19. The molecule has 0 aromatic carbocycles. The van der Waals surface area contributed by atoms with Gasteiger partial charge in [0.15, 0.2) is 0 Å². The maximum Gasteiger partial charge on any atom is 0.0599 e. The van der Waals surface area contributed by atoms with Crippen LogP contribution in [-0.4, -0.2) is 62.8 Å². The average Bonchev–Trinajstić information content (AvgIpc) is 2.30. The van der Waals surface area contributed by atoms with Crippen LogP contribution >= 0.6 is 0 Å². The van der Waals surface area contributed by atoms with Crippen molar-refractivity contribution in [1.29, 1.82) is 0 Å². The first-order chi connectivity index (χ1) is 7.74. The summed E-state index contributed by atoms with van der Waals surface area (Å²) in [4.78, 5) is 4.82. The Kier molecular flexibility index (Phi) is 4.62. The quantitative estimate of drug-likeness (QED) is 0.724. The number of hydrogen-bond donors (Lipinski definition) is 0. The summed E-state index contributed by atoms with van der Waals surface area (Å²) in [5, 5.41) is 0. The Bertz CT molecular complexity index is 172. The molecule has 2 fully saturated rings. The summed E-state index contributed by atoms with van der Waals surface area (Å²) >= 11 is 0. The Hall–Kier alpha value is -0.120. The maximum atomic E-state index is 6.06. The van der Waals surface area contributed by atoms with Gasteiger partial charge >= 0.3 is 0 Å². The van der Waals surface area contributed by atoms with Gasteiger partial charge < -0.3 is 14.5 Å². The van der Waals surface area contributed by atoms with Crippen LogP contribution in [0.15, 0.2) is 0 Å². The minimum atomic E-state index is 0.538. The molecule has 0 spiro atoms. The van der Waals surface area contributed by atoms with Crippen LogP contribution in [0.3, 0.4) is 0 Å². The lowest BCUT2D eigenvalue weighted by Crippen LogP contribution is -2.36. The van der Waals surface area contributed by atoms with E-state index in [4.69, 9.17) is 4.74 Å². The molecule has 0 radical (unpaired) electrons. The van der Waals surface area contributed by atoms with Crippen molar-refractivity contribution in [3.63, 3.8) is 0 Å². The Labute approximate surface area is 99.7 Å². The highest BCUT2D eigenvalue weighted by Gasteiger charge is 2.21. The normalized spacial score (nSPS) is 27.4. The molecule has 94 valence electrons. The van der Waals surface area contributed by atoms with Gasteiger partial charge in [0, 0.05) is 19.7 Å². The van der Waals surface area contributed by atoms with E-state index in [2.05, 4.69) is 23.9 Å². The van der Waals surface area contributed by atoms with Crippen LogP contribution < -0.4 is 0 Å². The second-order valence-corrected chi connectivity index (χ2v) is 5.58. The molecule has 2 saturated heterocycles. The highest BCUT2D eigenvalue weighted by molar-refractivity contribution is 4.73. The fourth-order valence-corrected chi connectivity index (χ4v) is 2.65. The number of likely N-dealkylation sites (tertiary alicyclic amines) is 2. The first kappa shape index (κ1) is 12.3. The van der Waals surface area contributed by atoms with Crippen LogP contribution in [0.2, 0.25) is 0 Å². The summed E-state index contributed by atoms with van der Waals surface area (Å²) < 4.78 is 6.06. The first-order valence-electron chi connectivity index (χ1n) is 6.72. The van der Waals surface area contributed by atoms with Crippen molar-refractivity contribution in [3.8, 4) is 0 Å². The van der Waals surface area contributed by atoms with Crippen LogP contribution in [0.5, 0.6) is 0 Å². The SMILES string of the molecule is CN1CCC(COC2CCN(C)CC2)CC1. The third kappa shape index (κ3) is 3.72. The summed E-state index contributed by atoms with van der Waals surface area (Å²) in [5.41, 5.74) is 0. The van der Waals surface area contributed by atoms with Crippen molar-refractivity contribution in [2.45, 2.75) is 31.8 Å². The summed E-state index contributed by atoms with van der Waals surface area (Å²) in [7, 11) is 4.42. The predicted octanol–water partition coefficient (Wildman–Crippen LogP) is 1.44. The van der Waals surface area contributed by atoms with Crippen molar-refractivity contribution in [3.05, 3.63) is 0 Å². The van der Waals surface area contributed by atoms with Crippen LogP contribution in [0.4, 0.5) is 0 Å². The van der Waals surface area contributed by atoms with Crippen molar-refractivity contribution < 1.29 is 4.74 Å². The lowest BCUT2D eigenvalue weighted by atomic mass is 9.98. The zero-order valence-corrected chi connectivity index (χ0v) is 10.8. The molecule has 0 atom stereocenters. The zero-order chi connectivity index (χ0) is 11.4. The van der Waals surface area contributed by atoms with Gasteiger partial charge in [0.1, 0.15) is 0 Å². The molecule has 0 N–H and O–H groups in total. The first-order valence-corrected chi connectivity index (χ1v) is 6.72. The van der Waals surface area contributed by atoms with Crippen molar-refractivity contribution in [2.75, 3.05) is 46.9 Å². The molecule has 2 aliphatic heterocycles. The van der Waals surface area contributed by atoms with Crippen LogP contribution in [-0.2, 0) is 4.74 Å². The molecular weight excluding hydrogens is 200 g/mol. The molecule has 0 aromatic rings. The Morgan fingerprint density at radius 1 is 0.875 bits per heavy atom. The second-order valence-electron chi connectivity index (χ2n) is 5.58. The van der Waals surface area contributed by atoms with E-state index in [0.717, 1.165) is 12.5 Å². The minimum Gasteiger partial charge on any atom is -0.378 e. The molecule has 0 aromatic heterocycles. The fourth-order valence-electron chi connectivity index (χ4n) is 2.65. The fraction of sp³-hybridized carbons (Fsp3) is 1.00. The monoisotopic (exact) mass is 226 g/mol. The minimum absolute atomic E-state index is 0.538. The van der Waals surface area contributed by atoms with Crippen LogP contribution in [0, 0.1) is 5.92 Å². The third-order valence-corrected chi connectivity index (χ3v) is 4.07. The van der Waals surface area contributed by atoms with Gasteiger partial charge in [-0.05, 0) is 58.8 Å². The van der Waals surface area contributed by atoms with E-state index in [9.17, 15) is 0 Å². The molecular formula is C13H26N2O. The standard InChI is InChI=1S/C13H26N2O/c1-14-7-3-12(4-8-14)11-16-13-5-9-15(2)10-6-13/h12-13H,3-11H2,1-2H3. The maximum absolute atomic E-state index is 6.06. The smallest absolute Gasteiger partial charge is 0.0599 e. The van der Waals surface area contributed by atoms with Gasteiger partial charge in [-0.15, -0.1) is 0 Å². The van der Waals surface area contributed by atoms with E-state index in [1.807, 2.05) is 0 Å². The number of ether oxygens (including phenoxy) is 1. The van der Waals surface area contributed by atoms with Gasteiger partial charge in [0.25, 0.3) is 0 Å². The van der Waals surface area contributed by atoms with E-state index in [1.165, 1.54) is 51.9 Å². The Balaban J connectivity index is 1.60. The van der Waals surface area contributed by atoms with Crippen LogP contribution in [0.1, 0.15) is 25.7 Å². The summed E-state index contributed by atoms with van der Waals surface area (Å²) in [6.45, 7) is 5.92. The van der Waals surface area contributed by atoms with Gasteiger partial charge in [-0.25, -0.2) is 0 Å². The molecule has 3 heteroatoms. The van der Waals surface area contributed by atoms with E-state index in [-0.39, 0.29) is 0 Å². The lowest BCUT2D eigenvalue weighted by Gasteiger charge is -2.32. The van der Waals surface area contributed by atoms with E-state index in [0.29, 0.717) is 6.10 Å². The van der Waals surface area contributed by atoms with Crippen molar-refractivity contribution >= 4 is 0 Å². The predicted molar refractivity (Wildman–Crippen MR) is 66.7 cm³/mol. The summed E-state index contributed by atoms with van der Waals surface area (Å²) in [6.07, 6.45) is 5.63. The summed E-state index contributed by atoms with van der Waals surface area (Å²) in [6, 6.07) is 0. The Morgan fingerprint density at radius 2 is 1.38 bits per heavy atom. The van der Waals surface area contributed by atoms with Crippen molar-refractivity contribution in [2.24, 2.45) is 5.92 Å². The van der Waals surface area contributed by atoms with Gasteiger partial charge in [-0.3, -0.25) is 0 Å². The number of nitrogens with zero attached hydrogens (tertiary/aromatic N) is 2. The number of hydrogen-bond acceptors (Lipinski definition) is 3. The topological polar surface area (TPSA) is 15.7 Å². The molecule has 3 nitrogen and oxygen atoms in total. The van der Waals surface area contributed by atoms with Crippen molar-refractivity contribution in [1.82, 2.24) is 9.80 Å². The van der Waals surface area contributed by atoms with E-state index in [1.54, 1.807) is 0 Å². The molecule has 0 unspecified atom stereocenters. The van der Waals surface area contributed by atoms with E-state index >= 15 is 0 Å². The number of piperidine rings is 2. The molecule has 0 saturated carbocycles. The molecule has 0 amide bonds. The molecule has 16 heavy (non-hydrogen) atoms. The van der Waals surface area contributed by atoms with Gasteiger partial charge in [-0.1, -0.05) is 0 Å². The molecule has 0 bridgehead atoms. The van der Waals surface area contributed by atoms with E-state index < -0.39 is 0 Å². The zero-order valence-electron chi connectivity index (χ0n) is 10.8. The number of rotatable bonds is 3. The third-order valence-electron chi connectivity index (χ3n) is 4.07. The summed E-state index contributed by atoms with van der Waals surface area (Å²) in [5.74, 6) is 0.816.